The summed E-state index contributed by atoms with van der Waals surface area (Å²) >= 11 is 0. The van der Waals surface area contributed by atoms with Gasteiger partial charge in [0.1, 0.15) is 17.9 Å². The van der Waals surface area contributed by atoms with Gasteiger partial charge in [0.15, 0.2) is 0 Å². The summed E-state index contributed by atoms with van der Waals surface area (Å²) in [6.07, 6.45) is 4.65. The predicted octanol–water partition coefficient (Wildman–Crippen LogP) is 1.85. The van der Waals surface area contributed by atoms with Crippen LogP contribution < -0.4 is 10.3 Å². The summed E-state index contributed by atoms with van der Waals surface area (Å²) in [4.78, 5) is 54.3. The highest BCUT2D eigenvalue weighted by Crippen LogP contribution is 2.58. The van der Waals surface area contributed by atoms with E-state index in [0.717, 1.165) is 25.7 Å². The largest absolute Gasteiger partial charge is 0.491 e. The Hall–Kier alpha value is -2.84. The zero-order valence-electron chi connectivity index (χ0n) is 20.4. The fourth-order valence-corrected chi connectivity index (χ4v) is 5.56. The summed E-state index contributed by atoms with van der Waals surface area (Å²) < 4.78 is 12.4. The van der Waals surface area contributed by atoms with Gasteiger partial charge in [-0.1, -0.05) is 13.8 Å². The molecular weight excluding hydrogens is 438 g/mol. The second-order valence-electron chi connectivity index (χ2n) is 9.55. The number of ether oxygens (including phenoxy) is 2. The zero-order valence-corrected chi connectivity index (χ0v) is 20.4. The smallest absolute Gasteiger partial charge is 0.343 e. The number of carbonyl (C=O) groups excluding carboxylic acids is 3. The van der Waals surface area contributed by atoms with Crippen LogP contribution >= 0.6 is 0 Å². The van der Waals surface area contributed by atoms with Gasteiger partial charge in [-0.05, 0) is 31.1 Å². The molecule has 186 valence electrons. The second-order valence-corrected chi connectivity index (χ2v) is 9.55. The fraction of sp³-hybridized carbons (Fsp3) is 0.680. The lowest BCUT2D eigenvalue weighted by Gasteiger charge is -2.22. The minimum Gasteiger partial charge on any atom is -0.491 e. The number of likely N-dealkylation sites (tertiary alicyclic amines) is 1. The second kappa shape index (κ2) is 9.80. The van der Waals surface area contributed by atoms with E-state index in [1.165, 1.54) is 13.2 Å². The van der Waals surface area contributed by atoms with Gasteiger partial charge in [-0.3, -0.25) is 14.4 Å². The van der Waals surface area contributed by atoms with E-state index < -0.39 is 5.97 Å². The van der Waals surface area contributed by atoms with Crippen molar-refractivity contribution in [2.75, 3.05) is 39.9 Å². The van der Waals surface area contributed by atoms with Crippen LogP contribution in [0.25, 0.3) is 0 Å². The topological polar surface area (TPSA) is 98.2 Å². The maximum absolute atomic E-state index is 13.2. The van der Waals surface area contributed by atoms with E-state index in [2.05, 4.69) is 13.8 Å². The van der Waals surface area contributed by atoms with Crippen LogP contribution in [-0.4, -0.2) is 72.0 Å². The number of rotatable bonds is 8. The number of amides is 2. The van der Waals surface area contributed by atoms with Crippen molar-refractivity contribution in [1.82, 2.24) is 14.4 Å². The molecule has 0 unspecified atom stereocenters. The molecule has 1 atom stereocenters. The Morgan fingerprint density at radius 1 is 1.09 bits per heavy atom. The minimum atomic E-state index is -0.575. The lowest BCUT2D eigenvalue weighted by Crippen LogP contribution is -2.36. The number of nitrogens with zero attached hydrogens (tertiary/aromatic N) is 3. The molecule has 1 aromatic rings. The molecule has 2 fully saturated rings. The molecule has 0 bridgehead atoms. The quantitative estimate of drug-likeness (QED) is 0.535. The van der Waals surface area contributed by atoms with Gasteiger partial charge in [0.2, 0.25) is 11.8 Å². The van der Waals surface area contributed by atoms with Gasteiger partial charge < -0.3 is 23.8 Å². The first-order valence-corrected chi connectivity index (χ1v) is 12.4. The molecule has 3 heterocycles. The zero-order chi connectivity index (χ0) is 24.5. The Kier molecular flexibility index (Phi) is 7.00. The van der Waals surface area contributed by atoms with Crippen molar-refractivity contribution in [1.29, 1.82) is 0 Å². The number of fused-ring (bicyclic) bond motifs is 1. The Morgan fingerprint density at radius 2 is 1.85 bits per heavy atom. The van der Waals surface area contributed by atoms with Gasteiger partial charge in [-0.25, -0.2) is 4.79 Å². The van der Waals surface area contributed by atoms with E-state index >= 15 is 0 Å². The summed E-state index contributed by atoms with van der Waals surface area (Å²) in [5.74, 6) is -0.111. The highest BCUT2D eigenvalue weighted by Gasteiger charge is 2.56. The number of pyridine rings is 1. The standard InChI is InChI=1S/C25H35N3O6/c1-4-25(5-2)16-17(25)23(31)27-10-8-18-22(24(32)33-3)19(15-21(30)28(18)12-11-27)34-14-13-26-9-6-7-20(26)29/h15,17H,4-14,16H2,1-3H3/t17-/m1/s1. The molecule has 34 heavy (non-hydrogen) atoms. The molecule has 9 nitrogen and oxygen atoms in total. The Bertz CT molecular complexity index is 1030. The molecule has 0 aromatic carbocycles. The van der Waals surface area contributed by atoms with Gasteiger partial charge >= 0.3 is 5.97 Å². The van der Waals surface area contributed by atoms with E-state index in [0.29, 0.717) is 51.3 Å². The number of esters is 1. The van der Waals surface area contributed by atoms with Crippen LogP contribution in [0.3, 0.4) is 0 Å². The molecular formula is C25H35N3O6. The summed E-state index contributed by atoms with van der Waals surface area (Å²) in [5, 5.41) is 0. The van der Waals surface area contributed by atoms with E-state index in [-0.39, 0.29) is 46.6 Å². The first kappa shape index (κ1) is 24.3. The summed E-state index contributed by atoms with van der Waals surface area (Å²) in [6, 6.07) is 1.32. The minimum absolute atomic E-state index is 0.0488. The molecule has 3 aliphatic rings. The van der Waals surface area contributed by atoms with E-state index in [9.17, 15) is 19.2 Å². The van der Waals surface area contributed by atoms with Crippen LogP contribution in [0.15, 0.2) is 10.9 Å². The van der Waals surface area contributed by atoms with Gasteiger partial charge in [0.25, 0.3) is 5.56 Å². The van der Waals surface area contributed by atoms with Crippen molar-refractivity contribution in [2.45, 2.75) is 58.9 Å². The molecule has 1 aliphatic carbocycles. The molecule has 2 amide bonds. The Morgan fingerprint density at radius 3 is 2.47 bits per heavy atom. The number of carbonyl (C=O) groups is 3. The molecule has 1 saturated heterocycles. The number of aromatic nitrogens is 1. The summed E-state index contributed by atoms with van der Waals surface area (Å²) in [7, 11) is 1.30. The maximum Gasteiger partial charge on any atom is 0.343 e. The molecule has 4 rings (SSSR count). The maximum atomic E-state index is 13.2. The third-order valence-corrected chi connectivity index (χ3v) is 7.98. The van der Waals surface area contributed by atoms with Gasteiger partial charge in [-0.15, -0.1) is 0 Å². The van der Waals surface area contributed by atoms with Crippen molar-refractivity contribution >= 4 is 17.8 Å². The van der Waals surface area contributed by atoms with Gasteiger partial charge in [-0.2, -0.15) is 0 Å². The lowest BCUT2D eigenvalue weighted by atomic mass is 9.96. The molecule has 0 N–H and O–H groups in total. The fourth-order valence-electron chi connectivity index (χ4n) is 5.56. The van der Waals surface area contributed by atoms with Gasteiger partial charge in [0.05, 0.1) is 13.7 Å². The molecule has 0 spiro atoms. The normalized spacial score (nSPS) is 21.1. The lowest BCUT2D eigenvalue weighted by molar-refractivity contribution is -0.133. The van der Waals surface area contributed by atoms with E-state index in [1.54, 1.807) is 9.47 Å². The third kappa shape index (κ3) is 4.44. The first-order chi connectivity index (χ1) is 16.3. The third-order valence-electron chi connectivity index (χ3n) is 7.98. The Labute approximate surface area is 200 Å². The summed E-state index contributed by atoms with van der Waals surface area (Å²) in [6.45, 7) is 6.75. The average Bonchev–Trinajstić information content (AvgIpc) is 3.51. The van der Waals surface area contributed by atoms with Crippen molar-refractivity contribution in [2.24, 2.45) is 11.3 Å². The van der Waals surface area contributed by atoms with Crippen LogP contribution in [-0.2, 0) is 27.3 Å². The SMILES string of the molecule is CCC1(CC)C[C@@H]1C(=O)N1CCc2c(C(=O)OC)c(OCCN3CCCC3=O)cc(=O)n2CC1. The highest BCUT2D eigenvalue weighted by molar-refractivity contribution is 5.93. The van der Waals surface area contributed by atoms with Gasteiger partial charge in [0, 0.05) is 56.7 Å². The number of methoxy groups -OCH3 is 1. The van der Waals surface area contributed by atoms with Crippen molar-refractivity contribution < 1.29 is 23.9 Å². The number of hydrogen-bond acceptors (Lipinski definition) is 6. The predicted molar refractivity (Wildman–Crippen MR) is 125 cm³/mol. The first-order valence-electron chi connectivity index (χ1n) is 12.4. The van der Waals surface area contributed by atoms with Crippen molar-refractivity contribution in [3.05, 3.63) is 27.7 Å². The van der Waals surface area contributed by atoms with Crippen LogP contribution in [0.4, 0.5) is 0 Å². The average molecular weight is 474 g/mol. The molecule has 9 heteroatoms. The van der Waals surface area contributed by atoms with Crippen LogP contribution in [0.1, 0.15) is 62.0 Å². The van der Waals surface area contributed by atoms with Crippen LogP contribution in [0, 0.1) is 11.3 Å². The van der Waals surface area contributed by atoms with Crippen molar-refractivity contribution in [3.8, 4) is 5.75 Å². The van der Waals surface area contributed by atoms with Crippen LogP contribution in [0.5, 0.6) is 5.75 Å². The number of hydrogen-bond donors (Lipinski definition) is 0. The molecule has 0 radical (unpaired) electrons. The monoisotopic (exact) mass is 473 g/mol. The van der Waals surface area contributed by atoms with E-state index in [1.807, 2.05) is 4.90 Å². The van der Waals surface area contributed by atoms with Crippen molar-refractivity contribution in [3.63, 3.8) is 0 Å². The summed E-state index contributed by atoms with van der Waals surface area (Å²) in [5.41, 5.74) is 0.608. The highest BCUT2D eigenvalue weighted by atomic mass is 16.5. The Balaban J connectivity index is 1.53. The van der Waals surface area contributed by atoms with E-state index in [4.69, 9.17) is 9.47 Å². The molecule has 1 saturated carbocycles. The molecule has 1 aromatic heterocycles. The molecule has 2 aliphatic heterocycles. The van der Waals surface area contributed by atoms with Crippen LogP contribution in [0.2, 0.25) is 0 Å².